The van der Waals surface area contributed by atoms with Crippen LogP contribution in [-0.2, 0) is 6.54 Å². The molecule has 0 aromatic heterocycles. The molecule has 0 aliphatic heterocycles. The third-order valence-corrected chi connectivity index (χ3v) is 5.21. The van der Waals surface area contributed by atoms with Crippen molar-refractivity contribution in [3.63, 3.8) is 0 Å². The van der Waals surface area contributed by atoms with Crippen molar-refractivity contribution in [1.82, 2.24) is 5.32 Å². The van der Waals surface area contributed by atoms with E-state index in [1.165, 1.54) is 0 Å². The fourth-order valence-electron chi connectivity index (χ4n) is 3.04. The average Bonchev–Trinajstić information content (AvgIpc) is 2.72. The summed E-state index contributed by atoms with van der Waals surface area (Å²) < 4.78 is 0. The zero-order chi connectivity index (χ0) is 14.3. The van der Waals surface area contributed by atoms with Crippen LogP contribution >= 0.6 is 0 Å². The molecule has 1 aliphatic carbocycles. The Bertz CT molecular complexity index is 477. The Hall–Kier alpha value is -1.35. The number of primary amides is 1. The van der Waals surface area contributed by atoms with Gasteiger partial charge in [0.15, 0.2) is 0 Å². The zero-order valence-electron chi connectivity index (χ0n) is 12.3. The number of amides is 1. The lowest BCUT2D eigenvalue weighted by atomic mass is 10.0. The number of carbonyl (C=O) groups excluding carboxylic acids is 1. The molecular weight excluding hydrogens is 236 g/mol. The van der Waals surface area contributed by atoms with Gasteiger partial charge in [-0.05, 0) is 41.0 Å². The van der Waals surface area contributed by atoms with E-state index in [0.29, 0.717) is 22.3 Å². The topological polar surface area (TPSA) is 55.1 Å². The Morgan fingerprint density at radius 3 is 2.42 bits per heavy atom. The van der Waals surface area contributed by atoms with E-state index < -0.39 is 0 Å². The molecule has 0 bridgehead atoms. The predicted octanol–water partition coefficient (Wildman–Crippen LogP) is 2.56. The van der Waals surface area contributed by atoms with Crippen LogP contribution in [0.3, 0.4) is 0 Å². The minimum Gasteiger partial charge on any atom is -0.366 e. The van der Waals surface area contributed by atoms with E-state index in [4.69, 9.17) is 5.73 Å². The van der Waals surface area contributed by atoms with Gasteiger partial charge in [-0.15, -0.1) is 0 Å². The van der Waals surface area contributed by atoms with Crippen molar-refractivity contribution in [1.29, 1.82) is 0 Å². The summed E-state index contributed by atoms with van der Waals surface area (Å²) in [6.07, 6.45) is 0. The molecule has 1 amide bonds. The number of rotatable bonds is 5. The normalized spacial score (nSPS) is 20.2. The Morgan fingerprint density at radius 1 is 1.26 bits per heavy atom. The molecule has 0 unspecified atom stereocenters. The summed E-state index contributed by atoms with van der Waals surface area (Å²) >= 11 is 0. The molecule has 1 saturated carbocycles. The largest absolute Gasteiger partial charge is 0.366 e. The highest BCUT2D eigenvalue weighted by atomic mass is 16.1. The maximum Gasteiger partial charge on any atom is 0.248 e. The summed E-state index contributed by atoms with van der Waals surface area (Å²) in [6, 6.07) is 7.50. The van der Waals surface area contributed by atoms with Crippen LogP contribution in [0.2, 0.25) is 0 Å². The summed E-state index contributed by atoms with van der Waals surface area (Å²) in [5.74, 6) is 0.339. The number of carbonyl (C=O) groups is 1. The summed E-state index contributed by atoms with van der Waals surface area (Å²) in [5.41, 5.74) is 7.78. The monoisotopic (exact) mass is 260 g/mol. The molecule has 3 nitrogen and oxygen atoms in total. The molecule has 2 rings (SSSR count). The second-order valence-corrected chi connectivity index (χ2v) is 6.69. The fourth-order valence-corrected chi connectivity index (χ4v) is 3.04. The number of hydrogen-bond acceptors (Lipinski definition) is 2. The van der Waals surface area contributed by atoms with E-state index in [0.717, 1.165) is 18.7 Å². The minimum absolute atomic E-state index is 0.369. The lowest BCUT2D eigenvalue weighted by Crippen LogP contribution is -2.19. The molecule has 0 heterocycles. The van der Waals surface area contributed by atoms with E-state index in [-0.39, 0.29) is 5.91 Å². The van der Waals surface area contributed by atoms with Gasteiger partial charge in [0.1, 0.15) is 0 Å². The van der Waals surface area contributed by atoms with Gasteiger partial charge in [0.05, 0.1) is 0 Å². The average molecular weight is 260 g/mol. The van der Waals surface area contributed by atoms with Gasteiger partial charge >= 0.3 is 0 Å². The SMILES string of the molecule is CC1(C)C(CNCc2cccc(C(N)=O)c2)C1(C)C. The standard InChI is InChI=1S/C16H24N2O/c1-15(2)13(16(15,3)4)10-18-9-11-6-5-7-12(8-11)14(17)19/h5-8,13,18H,9-10H2,1-4H3,(H2,17,19). The highest BCUT2D eigenvalue weighted by molar-refractivity contribution is 5.92. The first-order chi connectivity index (χ1) is 8.76. The molecule has 1 fully saturated rings. The highest BCUT2D eigenvalue weighted by Crippen LogP contribution is 2.67. The van der Waals surface area contributed by atoms with Gasteiger partial charge in [0.25, 0.3) is 0 Å². The minimum atomic E-state index is -0.369. The highest BCUT2D eigenvalue weighted by Gasteiger charge is 2.63. The number of nitrogens with two attached hydrogens (primary N) is 1. The predicted molar refractivity (Wildman–Crippen MR) is 77.7 cm³/mol. The van der Waals surface area contributed by atoms with Gasteiger partial charge in [0, 0.05) is 12.1 Å². The van der Waals surface area contributed by atoms with Crippen LogP contribution in [0, 0.1) is 16.7 Å². The van der Waals surface area contributed by atoms with E-state index in [1.807, 2.05) is 18.2 Å². The second kappa shape index (κ2) is 4.64. The van der Waals surface area contributed by atoms with Gasteiger partial charge < -0.3 is 11.1 Å². The molecule has 1 aromatic carbocycles. The van der Waals surface area contributed by atoms with Crippen molar-refractivity contribution >= 4 is 5.91 Å². The second-order valence-electron chi connectivity index (χ2n) is 6.69. The Morgan fingerprint density at radius 2 is 1.89 bits per heavy atom. The molecule has 3 N–H and O–H groups in total. The quantitative estimate of drug-likeness (QED) is 0.855. The lowest BCUT2D eigenvalue weighted by Gasteiger charge is -2.07. The third kappa shape index (κ3) is 2.52. The van der Waals surface area contributed by atoms with Crippen molar-refractivity contribution < 1.29 is 4.79 Å². The molecular formula is C16H24N2O. The van der Waals surface area contributed by atoms with E-state index >= 15 is 0 Å². The summed E-state index contributed by atoms with van der Waals surface area (Å²) in [7, 11) is 0. The van der Waals surface area contributed by atoms with Crippen LogP contribution in [0.15, 0.2) is 24.3 Å². The lowest BCUT2D eigenvalue weighted by molar-refractivity contribution is 0.1000. The van der Waals surface area contributed by atoms with Crippen LogP contribution in [-0.4, -0.2) is 12.5 Å². The first-order valence-electron chi connectivity index (χ1n) is 6.86. The maximum absolute atomic E-state index is 11.1. The van der Waals surface area contributed by atoms with Gasteiger partial charge in [-0.2, -0.15) is 0 Å². The van der Waals surface area contributed by atoms with E-state index in [1.54, 1.807) is 6.07 Å². The van der Waals surface area contributed by atoms with E-state index in [2.05, 4.69) is 33.0 Å². The Kier molecular flexibility index (Phi) is 3.43. The molecule has 1 aromatic rings. The van der Waals surface area contributed by atoms with Crippen LogP contribution in [0.25, 0.3) is 0 Å². The molecule has 0 atom stereocenters. The third-order valence-electron chi connectivity index (χ3n) is 5.21. The van der Waals surface area contributed by atoms with Crippen molar-refractivity contribution in [2.24, 2.45) is 22.5 Å². The van der Waals surface area contributed by atoms with Crippen LogP contribution in [0.5, 0.6) is 0 Å². The number of benzene rings is 1. The maximum atomic E-state index is 11.1. The first kappa shape index (κ1) is 14.1. The molecule has 1 aliphatic rings. The van der Waals surface area contributed by atoms with Gasteiger partial charge in [-0.1, -0.05) is 39.8 Å². The zero-order valence-corrected chi connectivity index (χ0v) is 12.3. The number of hydrogen-bond donors (Lipinski definition) is 2. The van der Waals surface area contributed by atoms with E-state index in [9.17, 15) is 4.79 Å². The summed E-state index contributed by atoms with van der Waals surface area (Å²) in [4.78, 5) is 11.1. The summed E-state index contributed by atoms with van der Waals surface area (Å²) in [6.45, 7) is 11.1. The summed E-state index contributed by atoms with van der Waals surface area (Å²) in [5, 5.41) is 3.49. The van der Waals surface area contributed by atoms with Crippen LogP contribution in [0.1, 0.15) is 43.6 Å². The van der Waals surface area contributed by atoms with Crippen molar-refractivity contribution in [2.75, 3.05) is 6.54 Å². The van der Waals surface area contributed by atoms with Gasteiger partial charge in [-0.3, -0.25) is 4.79 Å². The van der Waals surface area contributed by atoms with Gasteiger partial charge in [-0.25, -0.2) is 0 Å². The Labute approximate surface area is 115 Å². The van der Waals surface area contributed by atoms with Crippen molar-refractivity contribution in [2.45, 2.75) is 34.2 Å². The van der Waals surface area contributed by atoms with Crippen LogP contribution in [0.4, 0.5) is 0 Å². The smallest absolute Gasteiger partial charge is 0.248 e. The Balaban J connectivity index is 1.87. The van der Waals surface area contributed by atoms with Crippen LogP contribution < -0.4 is 11.1 Å². The molecule has 0 saturated heterocycles. The molecule has 0 spiro atoms. The van der Waals surface area contributed by atoms with Gasteiger partial charge in [0.2, 0.25) is 5.91 Å². The molecule has 19 heavy (non-hydrogen) atoms. The van der Waals surface area contributed by atoms with Crippen molar-refractivity contribution in [3.8, 4) is 0 Å². The molecule has 0 radical (unpaired) electrons. The first-order valence-corrected chi connectivity index (χ1v) is 6.86. The number of nitrogens with one attached hydrogen (secondary N) is 1. The molecule has 3 heteroatoms. The fraction of sp³-hybridized carbons (Fsp3) is 0.562. The molecule has 104 valence electrons. The van der Waals surface area contributed by atoms with Crippen molar-refractivity contribution in [3.05, 3.63) is 35.4 Å².